The van der Waals surface area contributed by atoms with Gasteiger partial charge in [-0.05, 0) is 42.9 Å². The van der Waals surface area contributed by atoms with Crippen LogP contribution in [0.5, 0.6) is 0 Å². The summed E-state index contributed by atoms with van der Waals surface area (Å²) in [5.74, 6) is 0.718. The van der Waals surface area contributed by atoms with Crippen molar-refractivity contribution in [2.75, 3.05) is 13.2 Å². The highest BCUT2D eigenvalue weighted by atomic mass is 16.5. The molecule has 0 spiro atoms. The molecule has 2 atom stereocenters. The number of hydrogen-bond donors (Lipinski definition) is 1. The van der Waals surface area contributed by atoms with Crippen molar-refractivity contribution in [3.8, 4) is 0 Å². The van der Waals surface area contributed by atoms with Gasteiger partial charge in [-0.3, -0.25) is 0 Å². The smallest absolute Gasteiger partial charge is 0.0839 e. The maximum Gasteiger partial charge on any atom is 0.0839 e. The second-order valence-electron chi connectivity index (χ2n) is 5.98. The fourth-order valence-electron chi connectivity index (χ4n) is 2.84. The summed E-state index contributed by atoms with van der Waals surface area (Å²) in [4.78, 5) is 0. The summed E-state index contributed by atoms with van der Waals surface area (Å²) < 4.78 is 5.92. The zero-order chi connectivity index (χ0) is 13.7. The summed E-state index contributed by atoms with van der Waals surface area (Å²) in [5.41, 5.74) is 2.76. The predicted octanol–water partition coefficient (Wildman–Crippen LogP) is 3.71. The van der Waals surface area contributed by atoms with Gasteiger partial charge in [0, 0.05) is 12.6 Å². The Kier molecular flexibility index (Phi) is 5.41. The van der Waals surface area contributed by atoms with Crippen molar-refractivity contribution >= 4 is 0 Å². The van der Waals surface area contributed by atoms with Crippen molar-refractivity contribution in [1.29, 1.82) is 0 Å². The van der Waals surface area contributed by atoms with Crippen LogP contribution in [0.1, 0.15) is 50.8 Å². The van der Waals surface area contributed by atoms with E-state index < -0.39 is 0 Å². The van der Waals surface area contributed by atoms with Crippen LogP contribution in [-0.4, -0.2) is 19.2 Å². The van der Waals surface area contributed by atoms with Crippen molar-refractivity contribution in [2.45, 2.75) is 52.2 Å². The Bertz CT molecular complexity index is 369. The molecule has 1 heterocycles. The van der Waals surface area contributed by atoms with Crippen molar-refractivity contribution in [3.63, 3.8) is 0 Å². The normalized spacial score (nSPS) is 23.8. The van der Waals surface area contributed by atoms with Crippen molar-refractivity contribution in [3.05, 3.63) is 35.4 Å². The molecule has 1 aromatic carbocycles. The Labute approximate surface area is 117 Å². The minimum atomic E-state index is 0.269. The standard InChI is InChI=1S/C17H27NO/c1-4-18-16-9-10-19-17(12-16)15-7-5-14(6-8-15)11-13(2)3/h5-8,13,16-18H,4,9-12H2,1-3H3. The first-order valence-corrected chi connectivity index (χ1v) is 7.63. The molecule has 1 saturated heterocycles. The molecule has 1 N–H and O–H groups in total. The Hall–Kier alpha value is -0.860. The molecule has 1 aliphatic heterocycles. The number of nitrogens with one attached hydrogen (secondary N) is 1. The average molecular weight is 261 g/mol. The monoisotopic (exact) mass is 261 g/mol. The summed E-state index contributed by atoms with van der Waals surface area (Å²) in [6, 6.07) is 9.62. The third kappa shape index (κ3) is 4.32. The minimum absolute atomic E-state index is 0.269. The molecule has 0 aliphatic carbocycles. The van der Waals surface area contributed by atoms with Gasteiger partial charge in [0.05, 0.1) is 6.10 Å². The number of ether oxygens (including phenoxy) is 1. The Morgan fingerprint density at radius 3 is 2.63 bits per heavy atom. The van der Waals surface area contributed by atoms with Gasteiger partial charge >= 0.3 is 0 Å². The van der Waals surface area contributed by atoms with Gasteiger partial charge in [0.15, 0.2) is 0 Å². The highest BCUT2D eigenvalue weighted by Crippen LogP contribution is 2.28. The second-order valence-corrected chi connectivity index (χ2v) is 5.98. The highest BCUT2D eigenvalue weighted by Gasteiger charge is 2.23. The quantitative estimate of drug-likeness (QED) is 0.872. The number of hydrogen-bond acceptors (Lipinski definition) is 2. The Balaban J connectivity index is 1.97. The van der Waals surface area contributed by atoms with Gasteiger partial charge in [-0.15, -0.1) is 0 Å². The lowest BCUT2D eigenvalue weighted by atomic mass is 9.95. The Morgan fingerprint density at radius 2 is 2.00 bits per heavy atom. The average Bonchev–Trinajstić information content (AvgIpc) is 2.40. The molecular weight excluding hydrogens is 234 g/mol. The summed E-state index contributed by atoms with van der Waals surface area (Å²) in [6.45, 7) is 8.62. The lowest BCUT2D eigenvalue weighted by molar-refractivity contribution is 0.000588. The van der Waals surface area contributed by atoms with Crippen LogP contribution in [-0.2, 0) is 11.2 Å². The van der Waals surface area contributed by atoms with E-state index in [0.717, 1.165) is 38.3 Å². The first kappa shape index (κ1) is 14.5. The van der Waals surface area contributed by atoms with E-state index in [0.29, 0.717) is 6.04 Å². The summed E-state index contributed by atoms with van der Waals surface area (Å²) >= 11 is 0. The lowest BCUT2D eigenvalue weighted by Crippen LogP contribution is -2.35. The van der Waals surface area contributed by atoms with Crippen LogP contribution < -0.4 is 5.32 Å². The van der Waals surface area contributed by atoms with Crippen LogP contribution >= 0.6 is 0 Å². The third-order valence-corrected chi connectivity index (χ3v) is 3.77. The van der Waals surface area contributed by atoms with Gasteiger partial charge in [-0.1, -0.05) is 45.0 Å². The van der Waals surface area contributed by atoms with Gasteiger partial charge in [0.1, 0.15) is 0 Å². The van der Waals surface area contributed by atoms with Crippen molar-refractivity contribution < 1.29 is 4.74 Å². The fraction of sp³-hybridized carbons (Fsp3) is 0.647. The molecule has 2 unspecified atom stereocenters. The van der Waals surface area contributed by atoms with E-state index >= 15 is 0 Å². The predicted molar refractivity (Wildman–Crippen MR) is 80.4 cm³/mol. The summed E-state index contributed by atoms with van der Waals surface area (Å²) in [6.07, 6.45) is 3.66. The zero-order valence-corrected chi connectivity index (χ0v) is 12.5. The van der Waals surface area contributed by atoms with Crippen LogP contribution in [0, 0.1) is 5.92 Å². The highest BCUT2D eigenvalue weighted by molar-refractivity contribution is 5.25. The lowest BCUT2D eigenvalue weighted by Gasteiger charge is -2.30. The van der Waals surface area contributed by atoms with E-state index in [1.807, 2.05) is 0 Å². The summed E-state index contributed by atoms with van der Waals surface area (Å²) in [5, 5.41) is 3.54. The van der Waals surface area contributed by atoms with Gasteiger partial charge in [-0.2, -0.15) is 0 Å². The van der Waals surface area contributed by atoms with Crippen LogP contribution in [0.15, 0.2) is 24.3 Å². The third-order valence-electron chi connectivity index (χ3n) is 3.77. The van der Waals surface area contributed by atoms with Crippen LogP contribution in [0.4, 0.5) is 0 Å². The molecule has 0 saturated carbocycles. The SMILES string of the molecule is CCNC1CCOC(c2ccc(CC(C)C)cc2)C1. The van der Waals surface area contributed by atoms with Gasteiger partial charge < -0.3 is 10.1 Å². The first-order chi connectivity index (χ1) is 9.19. The fourth-order valence-corrected chi connectivity index (χ4v) is 2.84. The first-order valence-electron chi connectivity index (χ1n) is 7.63. The van der Waals surface area contributed by atoms with Gasteiger partial charge in [-0.25, -0.2) is 0 Å². The van der Waals surface area contributed by atoms with Crippen LogP contribution in [0.25, 0.3) is 0 Å². The van der Waals surface area contributed by atoms with E-state index in [1.54, 1.807) is 0 Å². The maximum atomic E-state index is 5.92. The largest absolute Gasteiger partial charge is 0.373 e. The van der Waals surface area contributed by atoms with E-state index in [-0.39, 0.29) is 6.10 Å². The van der Waals surface area contributed by atoms with Crippen LogP contribution in [0.2, 0.25) is 0 Å². The molecule has 1 fully saturated rings. The van der Waals surface area contributed by atoms with E-state index in [4.69, 9.17) is 4.74 Å². The van der Waals surface area contributed by atoms with Crippen molar-refractivity contribution in [2.24, 2.45) is 5.92 Å². The number of rotatable bonds is 5. The molecule has 2 heteroatoms. The molecule has 0 aromatic heterocycles. The molecule has 0 amide bonds. The zero-order valence-electron chi connectivity index (χ0n) is 12.5. The second kappa shape index (κ2) is 7.06. The molecule has 1 aliphatic rings. The molecule has 0 bridgehead atoms. The summed E-state index contributed by atoms with van der Waals surface area (Å²) in [7, 11) is 0. The van der Waals surface area contributed by atoms with Gasteiger partial charge in [0.2, 0.25) is 0 Å². The molecule has 2 nitrogen and oxygen atoms in total. The molecule has 0 radical (unpaired) electrons. The molecule has 1 aromatic rings. The van der Waals surface area contributed by atoms with Gasteiger partial charge in [0.25, 0.3) is 0 Å². The molecule has 106 valence electrons. The molecule has 2 rings (SSSR count). The topological polar surface area (TPSA) is 21.3 Å². The van der Waals surface area contributed by atoms with Crippen LogP contribution in [0.3, 0.4) is 0 Å². The number of benzene rings is 1. The van der Waals surface area contributed by atoms with E-state index in [1.165, 1.54) is 11.1 Å². The van der Waals surface area contributed by atoms with E-state index in [2.05, 4.69) is 50.4 Å². The molecular formula is C17H27NO. The minimum Gasteiger partial charge on any atom is -0.373 e. The maximum absolute atomic E-state index is 5.92. The van der Waals surface area contributed by atoms with Crippen molar-refractivity contribution in [1.82, 2.24) is 5.32 Å². The van der Waals surface area contributed by atoms with E-state index in [9.17, 15) is 0 Å². The Morgan fingerprint density at radius 1 is 1.26 bits per heavy atom. The molecule has 19 heavy (non-hydrogen) atoms.